The molecule has 0 saturated heterocycles. The quantitative estimate of drug-likeness (QED) is 0.755. The van der Waals surface area contributed by atoms with Gasteiger partial charge >= 0.3 is 5.69 Å². The highest BCUT2D eigenvalue weighted by Gasteiger charge is 2.50. The Kier molecular flexibility index (Phi) is 2.50. The molecule has 1 aromatic heterocycles. The SMILES string of the molecule is CN(C(=O)C1(CO)CC1)c1ccc2[nH]c(=O)[nH]c2c1. The second-order valence-electron chi connectivity index (χ2n) is 5.11. The zero-order valence-electron chi connectivity index (χ0n) is 10.6. The molecule has 1 heterocycles. The van der Waals surface area contributed by atoms with Gasteiger partial charge in [-0.1, -0.05) is 0 Å². The molecule has 0 aliphatic heterocycles. The van der Waals surface area contributed by atoms with Gasteiger partial charge in [-0.25, -0.2) is 4.79 Å². The molecule has 1 aromatic carbocycles. The highest BCUT2D eigenvalue weighted by atomic mass is 16.3. The van der Waals surface area contributed by atoms with Gasteiger partial charge in [-0.15, -0.1) is 0 Å². The average molecular weight is 261 g/mol. The van der Waals surface area contributed by atoms with E-state index < -0.39 is 5.41 Å². The standard InChI is InChI=1S/C13H15N3O3/c1-16(11(18)13(7-17)4-5-13)8-2-3-9-10(6-8)15-12(19)14-9/h2-3,6,17H,4-5,7H2,1H3,(H2,14,15,19). The number of aromatic amines is 2. The van der Waals surface area contributed by atoms with Crippen molar-refractivity contribution >= 4 is 22.6 Å². The number of hydrogen-bond donors (Lipinski definition) is 3. The van der Waals surface area contributed by atoms with Crippen molar-refractivity contribution in [3.8, 4) is 0 Å². The van der Waals surface area contributed by atoms with E-state index in [0.29, 0.717) is 16.7 Å². The van der Waals surface area contributed by atoms with E-state index in [2.05, 4.69) is 9.97 Å². The van der Waals surface area contributed by atoms with Crippen LogP contribution in [0.15, 0.2) is 23.0 Å². The summed E-state index contributed by atoms with van der Waals surface area (Å²) in [5, 5.41) is 9.30. The van der Waals surface area contributed by atoms with Crippen LogP contribution in [-0.2, 0) is 4.79 Å². The van der Waals surface area contributed by atoms with E-state index in [9.17, 15) is 14.7 Å². The van der Waals surface area contributed by atoms with E-state index >= 15 is 0 Å². The van der Waals surface area contributed by atoms with Gasteiger partial charge in [0.05, 0.1) is 23.1 Å². The second kappa shape index (κ2) is 3.96. The van der Waals surface area contributed by atoms with E-state index in [1.165, 1.54) is 4.90 Å². The average Bonchev–Trinajstić information content (AvgIpc) is 3.12. The maximum atomic E-state index is 12.3. The molecular weight excluding hydrogens is 246 g/mol. The number of nitrogens with zero attached hydrogens (tertiary/aromatic N) is 1. The number of aromatic nitrogens is 2. The summed E-state index contributed by atoms with van der Waals surface area (Å²) in [5.74, 6) is -0.0766. The van der Waals surface area contributed by atoms with Gasteiger partial charge in [0.25, 0.3) is 0 Å². The van der Waals surface area contributed by atoms with Crippen LogP contribution in [0, 0.1) is 5.41 Å². The number of H-pyrrole nitrogens is 2. The van der Waals surface area contributed by atoms with Gasteiger partial charge < -0.3 is 20.0 Å². The van der Waals surface area contributed by atoms with Crippen LogP contribution in [0.25, 0.3) is 11.0 Å². The number of fused-ring (bicyclic) bond motifs is 1. The molecule has 0 unspecified atom stereocenters. The Bertz CT molecular complexity index is 696. The summed E-state index contributed by atoms with van der Waals surface area (Å²) in [6, 6.07) is 5.28. The van der Waals surface area contributed by atoms with E-state index in [4.69, 9.17) is 0 Å². The number of carbonyl (C=O) groups is 1. The Morgan fingerprint density at radius 3 is 2.68 bits per heavy atom. The molecule has 19 heavy (non-hydrogen) atoms. The first kappa shape index (κ1) is 12.0. The van der Waals surface area contributed by atoms with Crippen molar-refractivity contribution in [1.82, 2.24) is 9.97 Å². The van der Waals surface area contributed by atoms with Gasteiger partial charge in [-0.05, 0) is 31.0 Å². The number of anilines is 1. The van der Waals surface area contributed by atoms with Gasteiger partial charge in [0.15, 0.2) is 0 Å². The fourth-order valence-electron chi connectivity index (χ4n) is 2.29. The van der Waals surface area contributed by atoms with Crippen LogP contribution in [0.5, 0.6) is 0 Å². The maximum Gasteiger partial charge on any atom is 0.323 e. The molecule has 6 nitrogen and oxygen atoms in total. The molecule has 0 spiro atoms. The summed E-state index contributed by atoms with van der Waals surface area (Å²) in [6.07, 6.45) is 1.46. The molecule has 0 radical (unpaired) electrons. The zero-order chi connectivity index (χ0) is 13.6. The molecule has 100 valence electrons. The topological polar surface area (TPSA) is 89.2 Å². The summed E-state index contributed by atoms with van der Waals surface area (Å²) >= 11 is 0. The lowest BCUT2D eigenvalue weighted by Gasteiger charge is -2.22. The van der Waals surface area contributed by atoms with Gasteiger partial charge in [0.1, 0.15) is 0 Å². The molecule has 3 N–H and O–H groups in total. The van der Waals surface area contributed by atoms with Crippen LogP contribution in [0.1, 0.15) is 12.8 Å². The first-order valence-corrected chi connectivity index (χ1v) is 6.17. The van der Waals surface area contributed by atoms with Crippen molar-refractivity contribution < 1.29 is 9.90 Å². The molecule has 1 fully saturated rings. The van der Waals surface area contributed by atoms with Crippen LogP contribution in [0.4, 0.5) is 5.69 Å². The number of amides is 1. The van der Waals surface area contributed by atoms with Crippen molar-refractivity contribution in [1.29, 1.82) is 0 Å². The predicted octanol–water partition coefficient (Wildman–Crippen LogP) is 0.591. The summed E-state index contributed by atoms with van der Waals surface area (Å²) in [7, 11) is 1.68. The summed E-state index contributed by atoms with van der Waals surface area (Å²) < 4.78 is 0. The zero-order valence-corrected chi connectivity index (χ0v) is 10.6. The third kappa shape index (κ3) is 1.84. The van der Waals surface area contributed by atoms with Gasteiger partial charge in [0, 0.05) is 12.7 Å². The van der Waals surface area contributed by atoms with Crippen molar-refractivity contribution in [2.45, 2.75) is 12.8 Å². The molecule has 0 atom stereocenters. The molecule has 1 aliphatic rings. The summed E-state index contributed by atoms with van der Waals surface area (Å²) in [6.45, 7) is -0.112. The Morgan fingerprint density at radius 2 is 2.05 bits per heavy atom. The van der Waals surface area contributed by atoms with Gasteiger partial charge in [0.2, 0.25) is 5.91 Å². The first-order chi connectivity index (χ1) is 9.05. The van der Waals surface area contributed by atoms with Crippen LogP contribution >= 0.6 is 0 Å². The number of hydrogen-bond acceptors (Lipinski definition) is 3. The van der Waals surface area contributed by atoms with E-state index in [0.717, 1.165) is 12.8 Å². The summed E-state index contributed by atoms with van der Waals surface area (Å²) in [4.78, 5) is 30.3. The third-order valence-electron chi connectivity index (χ3n) is 3.80. The number of aliphatic hydroxyl groups excluding tert-OH is 1. The minimum Gasteiger partial charge on any atom is -0.395 e. The van der Waals surface area contributed by atoms with Crippen LogP contribution in [-0.4, -0.2) is 34.6 Å². The first-order valence-electron chi connectivity index (χ1n) is 6.17. The fraction of sp³-hybridized carbons (Fsp3) is 0.385. The number of benzene rings is 1. The molecule has 6 heteroatoms. The lowest BCUT2D eigenvalue weighted by Crippen LogP contribution is -2.36. The number of imidazole rings is 1. The number of aliphatic hydroxyl groups is 1. The van der Waals surface area contributed by atoms with E-state index in [-0.39, 0.29) is 18.2 Å². The van der Waals surface area contributed by atoms with Crippen molar-refractivity contribution in [2.75, 3.05) is 18.6 Å². The van der Waals surface area contributed by atoms with Crippen molar-refractivity contribution in [3.63, 3.8) is 0 Å². The van der Waals surface area contributed by atoms with Crippen LogP contribution in [0.3, 0.4) is 0 Å². The Balaban J connectivity index is 1.95. The fourth-order valence-corrected chi connectivity index (χ4v) is 2.29. The minimum absolute atomic E-state index is 0.0766. The molecule has 1 amide bonds. The molecule has 3 rings (SSSR count). The van der Waals surface area contributed by atoms with Gasteiger partial charge in [-0.3, -0.25) is 4.79 Å². The molecule has 1 aliphatic carbocycles. The molecule has 1 saturated carbocycles. The lowest BCUT2D eigenvalue weighted by atomic mass is 10.1. The highest BCUT2D eigenvalue weighted by molar-refractivity contribution is 6.00. The van der Waals surface area contributed by atoms with Crippen LogP contribution < -0.4 is 10.6 Å². The number of carbonyl (C=O) groups excluding carboxylic acids is 1. The molecule has 0 bridgehead atoms. The monoisotopic (exact) mass is 261 g/mol. The number of rotatable bonds is 3. The smallest absolute Gasteiger partial charge is 0.323 e. The van der Waals surface area contributed by atoms with Crippen molar-refractivity contribution in [2.24, 2.45) is 5.41 Å². The lowest BCUT2D eigenvalue weighted by molar-refractivity contribution is -0.124. The van der Waals surface area contributed by atoms with Crippen molar-refractivity contribution in [3.05, 3.63) is 28.7 Å². The minimum atomic E-state index is -0.588. The van der Waals surface area contributed by atoms with E-state index in [1.54, 1.807) is 25.2 Å². The third-order valence-corrected chi connectivity index (χ3v) is 3.80. The summed E-state index contributed by atoms with van der Waals surface area (Å²) in [5.41, 5.74) is 1.21. The maximum absolute atomic E-state index is 12.3. The highest BCUT2D eigenvalue weighted by Crippen LogP contribution is 2.47. The Morgan fingerprint density at radius 1 is 1.37 bits per heavy atom. The van der Waals surface area contributed by atoms with Crippen LogP contribution in [0.2, 0.25) is 0 Å². The Hall–Kier alpha value is -2.08. The predicted molar refractivity (Wildman–Crippen MR) is 71.1 cm³/mol. The second-order valence-corrected chi connectivity index (χ2v) is 5.11. The van der Waals surface area contributed by atoms with Gasteiger partial charge in [-0.2, -0.15) is 0 Å². The Labute approximate surface area is 109 Å². The largest absolute Gasteiger partial charge is 0.395 e. The molecular formula is C13H15N3O3. The molecule has 2 aromatic rings. The normalized spacial score (nSPS) is 16.5. The van der Waals surface area contributed by atoms with E-state index in [1.807, 2.05) is 0 Å². The number of nitrogens with one attached hydrogen (secondary N) is 2.